The summed E-state index contributed by atoms with van der Waals surface area (Å²) in [7, 11) is 0.750. The van der Waals surface area contributed by atoms with Crippen LogP contribution in [0, 0.1) is 0 Å². The minimum absolute atomic E-state index is 0.600. The molecule has 1 saturated heterocycles. The average molecular weight is 386 g/mol. The lowest BCUT2D eigenvalue weighted by Crippen LogP contribution is -2.18. The van der Waals surface area contributed by atoms with E-state index in [1.54, 1.807) is 0 Å². The first-order valence-corrected chi connectivity index (χ1v) is 13.9. The van der Waals surface area contributed by atoms with Crippen molar-refractivity contribution in [3.63, 3.8) is 0 Å². The molecule has 2 heteroatoms. The molecule has 0 radical (unpaired) electrons. The number of unbranched alkanes of at least 4 members (excludes halogenated alkanes) is 10. The van der Waals surface area contributed by atoms with Crippen molar-refractivity contribution in [3.05, 3.63) is 0 Å². The smallest absolute Gasteiger partial charge is 0.108 e. The molecule has 1 aliphatic rings. The molecule has 156 valence electrons. The summed E-state index contributed by atoms with van der Waals surface area (Å²) in [6.45, 7) is 5.69. The first kappa shape index (κ1) is 24.3. The second-order valence-corrected chi connectivity index (χ2v) is 10.8. The Balaban J connectivity index is 1.82. The van der Waals surface area contributed by atoms with Crippen LogP contribution in [0.4, 0.5) is 0 Å². The largest absolute Gasteiger partial charge is 0.378 e. The lowest BCUT2D eigenvalue weighted by molar-refractivity contribution is 0.00977. The van der Waals surface area contributed by atoms with Gasteiger partial charge in [-0.15, -0.1) is 0 Å². The monoisotopic (exact) mass is 385 g/mol. The second-order valence-electron chi connectivity index (χ2n) is 8.39. The third kappa shape index (κ3) is 14.4. The summed E-state index contributed by atoms with van der Waals surface area (Å²) in [5, 5.41) is 0. The molecule has 0 N–H and O–H groups in total. The van der Waals surface area contributed by atoms with Crippen LogP contribution in [0.2, 0.25) is 0 Å². The highest BCUT2D eigenvalue weighted by molar-refractivity contribution is 7.96. The van der Waals surface area contributed by atoms with Gasteiger partial charge in [-0.3, -0.25) is 0 Å². The third-order valence-corrected chi connectivity index (χ3v) is 8.40. The highest BCUT2D eigenvalue weighted by atomic mass is 32.2. The molecule has 0 aromatic carbocycles. The lowest BCUT2D eigenvalue weighted by Gasteiger charge is -2.22. The van der Waals surface area contributed by atoms with E-state index in [1.165, 1.54) is 126 Å². The van der Waals surface area contributed by atoms with Crippen LogP contribution in [0.25, 0.3) is 0 Å². The van der Waals surface area contributed by atoms with Crippen molar-refractivity contribution in [2.24, 2.45) is 0 Å². The summed E-state index contributed by atoms with van der Waals surface area (Å²) in [5.74, 6) is 4.56. The van der Waals surface area contributed by atoms with E-state index >= 15 is 0 Å². The second kappa shape index (κ2) is 18.7. The van der Waals surface area contributed by atoms with Crippen molar-refractivity contribution in [2.45, 2.75) is 129 Å². The van der Waals surface area contributed by atoms with E-state index in [9.17, 15) is 0 Å². The fourth-order valence-corrected chi connectivity index (χ4v) is 6.57. The van der Waals surface area contributed by atoms with Gasteiger partial charge in [0.1, 0.15) is 17.3 Å². The standard InChI is InChI=1S/C24H49OS/c1-3-5-21-26(22-6-4-2)23-17-13-11-9-7-8-10-12-14-18-24-19-15-16-20-25-24/h24H,3-23H2,1-2H3/q+1. The Morgan fingerprint density at radius 1 is 0.654 bits per heavy atom. The van der Waals surface area contributed by atoms with E-state index in [0.29, 0.717) is 6.10 Å². The SMILES string of the molecule is CCCC[S+](CCCC)CCCCCCCCCCCC1CCCCO1. The Hall–Kier alpha value is 0.310. The first-order valence-electron chi connectivity index (χ1n) is 12.1. The van der Waals surface area contributed by atoms with Crippen molar-refractivity contribution in [1.29, 1.82) is 0 Å². The van der Waals surface area contributed by atoms with Crippen molar-refractivity contribution >= 4 is 10.9 Å². The molecule has 1 fully saturated rings. The van der Waals surface area contributed by atoms with E-state index in [0.717, 1.165) is 17.5 Å². The summed E-state index contributed by atoms with van der Waals surface area (Å²) in [6, 6.07) is 0. The minimum atomic E-state index is 0.600. The van der Waals surface area contributed by atoms with Gasteiger partial charge in [-0.05, 0) is 62.3 Å². The van der Waals surface area contributed by atoms with E-state index in [2.05, 4.69) is 13.8 Å². The van der Waals surface area contributed by atoms with Gasteiger partial charge in [0.2, 0.25) is 0 Å². The van der Waals surface area contributed by atoms with Gasteiger partial charge < -0.3 is 4.74 Å². The van der Waals surface area contributed by atoms with Crippen molar-refractivity contribution in [2.75, 3.05) is 23.9 Å². The summed E-state index contributed by atoms with van der Waals surface area (Å²) in [4.78, 5) is 0. The fraction of sp³-hybridized carbons (Fsp3) is 1.00. The minimum Gasteiger partial charge on any atom is -0.378 e. The van der Waals surface area contributed by atoms with Crippen LogP contribution in [0.5, 0.6) is 0 Å². The van der Waals surface area contributed by atoms with E-state index in [-0.39, 0.29) is 0 Å². The molecule has 0 aromatic heterocycles. The van der Waals surface area contributed by atoms with Gasteiger partial charge in [-0.2, -0.15) is 0 Å². The first-order chi connectivity index (χ1) is 12.9. The zero-order chi connectivity index (χ0) is 18.7. The Bertz CT molecular complexity index is 267. The van der Waals surface area contributed by atoms with Crippen LogP contribution in [0.3, 0.4) is 0 Å². The number of rotatable bonds is 18. The van der Waals surface area contributed by atoms with Gasteiger partial charge in [0.15, 0.2) is 0 Å². The Labute approximate surface area is 168 Å². The molecule has 0 aliphatic carbocycles. The highest BCUT2D eigenvalue weighted by Gasteiger charge is 2.15. The lowest BCUT2D eigenvalue weighted by atomic mass is 10.0. The summed E-state index contributed by atoms with van der Waals surface area (Å²) >= 11 is 0. The van der Waals surface area contributed by atoms with Crippen LogP contribution < -0.4 is 0 Å². The average Bonchev–Trinajstić information content (AvgIpc) is 2.68. The molecule has 1 rings (SSSR count). The van der Waals surface area contributed by atoms with Crippen molar-refractivity contribution in [3.8, 4) is 0 Å². The van der Waals surface area contributed by atoms with E-state index < -0.39 is 0 Å². The van der Waals surface area contributed by atoms with Gasteiger partial charge in [0, 0.05) is 6.61 Å². The molecule has 0 saturated carbocycles. The molecule has 26 heavy (non-hydrogen) atoms. The molecular formula is C24H49OS+. The fourth-order valence-electron chi connectivity index (χ4n) is 3.95. The van der Waals surface area contributed by atoms with Crippen LogP contribution in [-0.2, 0) is 15.6 Å². The Morgan fingerprint density at radius 3 is 1.73 bits per heavy atom. The predicted molar refractivity (Wildman–Crippen MR) is 122 cm³/mol. The molecule has 0 amide bonds. The number of hydrogen-bond acceptors (Lipinski definition) is 1. The summed E-state index contributed by atoms with van der Waals surface area (Å²) < 4.78 is 5.82. The maximum Gasteiger partial charge on any atom is 0.108 e. The summed E-state index contributed by atoms with van der Waals surface area (Å²) in [6.07, 6.45) is 24.7. The predicted octanol–water partition coefficient (Wildman–Crippen LogP) is 7.68. The third-order valence-electron chi connectivity index (χ3n) is 5.81. The maximum atomic E-state index is 5.82. The molecule has 1 atom stereocenters. The number of ether oxygens (including phenoxy) is 1. The van der Waals surface area contributed by atoms with Crippen molar-refractivity contribution < 1.29 is 4.74 Å². The molecule has 1 nitrogen and oxygen atoms in total. The Morgan fingerprint density at radius 2 is 1.19 bits per heavy atom. The molecular weight excluding hydrogens is 336 g/mol. The van der Waals surface area contributed by atoms with Crippen LogP contribution in [0.1, 0.15) is 123 Å². The molecule has 0 spiro atoms. The quantitative estimate of drug-likeness (QED) is 0.174. The molecule has 1 heterocycles. The van der Waals surface area contributed by atoms with Gasteiger partial charge in [-0.1, -0.05) is 71.6 Å². The number of hydrogen-bond donors (Lipinski definition) is 0. The van der Waals surface area contributed by atoms with Gasteiger partial charge in [-0.25, -0.2) is 0 Å². The van der Waals surface area contributed by atoms with Crippen LogP contribution >= 0.6 is 0 Å². The normalized spacial score (nSPS) is 17.9. The molecule has 0 aromatic rings. The van der Waals surface area contributed by atoms with Crippen LogP contribution in [0.15, 0.2) is 0 Å². The summed E-state index contributed by atoms with van der Waals surface area (Å²) in [5.41, 5.74) is 0. The van der Waals surface area contributed by atoms with Gasteiger partial charge in [0.25, 0.3) is 0 Å². The zero-order valence-electron chi connectivity index (χ0n) is 18.2. The van der Waals surface area contributed by atoms with Gasteiger partial charge in [0.05, 0.1) is 6.10 Å². The highest BCUT2D eigenvalue weighted by Crippen LogP contribution is 2.19. The van der Waals surface area contributed by atoms with Crippen molar-refractivity contribution in [1.82, 2.24) is 0 Å². The van der Waals surface area contributed by atoms with E-state index in [4.69, 9.17) is 4.74 Å². The van der Waals surface area contributed by atoms with Gasteiger partial charge >= 0.3 is 0 Å². The molecule has 0 bridgehead atoms. The molecule has 1 unspecified atom stereocenters. The Kier molecular flexibility index (Phi) is 17.5. The topological polar surface area (TPSA) is 9.23 Å². The molecule has 1 aliphatic heterocycles. The van der Waals surface area contributed by atoms with Crippen LogP contribution in [-0.4, -0.2) is 30.0 Å². The zero-order valence-corrected chi connectivity index (χ0v) is 19.1. The maximum absolute atomic E-state index is 5.82. The van der Waals surface area contributed by atoms with E-state index in [1.807, 2.05) is 0 Å².